The van der Waals surface area contributed by atoms with Gasteiger partial charge in [-0.05, 0) is 19.0 Å². The second-order valence-corrected chi connectivity index (χ2v) is 5.43. The van der Waals surface area contributed by atoms with Crippen LogP contribution in [-0.2, 0) is 9.16 Å². The van der Waals surface area contributed by atoms with Crippen molar-refractivity contribution >= 4 is 9.04 Å². The molecule has 3 heteroatoms. The van der Waals surface area contributed by atoms with E-state index in [0.717, 1.165) is 19.6 Å². The first-order valence-electron chi connectivity index (χ1n) is 4.52. The van der Waals surface area contributed by atoms with Gasteiger partial charge >= 0.3 is 0 Å². The molecule has 1 atom stereocenters. The number of methoxy groups -OCH3 is 1. The summed E-state index contributed by atoms with van der Waals surface area (Å²) in [5, 5.41) is 0. The topological polar surface area (TPSA) is 18.5 Å². The Hall–Kier alpha value is -0.123. The molecule has 0 heterocycles. The summed E-state index contributed by atoms with van der Waals surface area (Å²) >= 11 is 0. The third-order valence-electron chi connectivity index (χ3n) is 1.71. The lowest BCUT2D eigenvalue weighted by atomic mass is 10.3. The van der Waals surface area contributed by atoms with Gasteiger partial charge in [-0.25, -0.2) is 0 Å². The first kappa shape index (κ1) is 11.9. The van der Waals surface area contributed by atoms with Crippen LogP contribution >= 0.6 is 0 Å². The smallest absolute Gasteiger partial charge is 0.174 e. The van der Waals surface area contributed by atoms with Crippen molar-refractivity contribution in [2.45, 2.75) is 25.4 Å². The summed E-state index contributed by atoms with van der Waals surface area (Å²) in [4.78, 5) is 0. The van der Waals surface area contributed by atoms with E-state index in [4.69, 9.17) is 9.16 Å². The Kier molecular flexibility index (Phi) is 8.88. The highest BCUT2D eigenvalue weighted by atomic mass is 28.3. The Bertz CT molecular complexity index is 107. The van der Waals surface area contributed by atoms with Crippen LogP contribution in [0.3, 0.4) is 0 Å². The third-order valence-corrected chi connectivity index (χ3v) is 3.73. The minimum absolute atomic E-state index is 0.721. The van der Waals surface area contributed by atoms with Gasteiger partial charge in [-0.3, -0.25) is 0 Å². The van der Waals surface area contributed by atoms with E-state index in [1.807, 2.05) is 6.08 Å². The van der Waals surface area contributed by atoms with Gasteiger partial charge in [-0.15, -0.1) is 6.58 Å². The van der Waals surface area contributed by atoms with E-state index >= 15 is 0 Å². The van der Waals surface area contributed by atoms with Crippen LogP contribution in [0.25, 0.3) is 0 Å². The van der Waals surface area contributed by atoms with Crippen LogP contribution in [0.2, 0.25) is 12.6 Å². The zero-order chi connectivity index (χ0) is 9.23. The molecule has 0 amide bonds. The molecule has 0 aromatic rings. The van der Waals surface area contributed by atoms with E-state index < -0.39 is 9.04 Å². The highest BCUT2D eigenvalue weighted by Gasteiger charge is 2.02. The third kappa shape index (κ3) is 7.98. The Morgan fingerprint density at radius 2 is 2.17 bits per heavy atom. The quantitative estimate of drug-likeness (QED) is 0.329. The molecular weight excluding hydrogens is 168 g/mol. The van der Waals surface area contributed by atoms with Gasteiger partial charge in [0, 0.05) is 7.11 Å². The van der Waals surface area contributed by atoms with Crippen molar-refractivity contribution in [3.63, 3.8) is 0 Å². The summed E-state index contributed by atoms with van der Waals surface area (Å²) in [7, 11) is 0.809. The molecule has 0 N–H and O–H groups in total. The van der Waals surface area contributed by atoms with Gasteiger partial charge in [-0.2, -0.15) is 0 Å². The number of hydrogen-bond donors (Lipinski definition) is 0. The standard InChI is InChI=1S/C9H20O2Si/c1-4-5-6-9-12(3)11-8-7-10-2/h4,12H,1,5-9H2,2-3H3. The molecule has 0 aromatic heterocycles. The van der Waals surface area contributed by atoms with Crippen LogP contribution in [-0.4, -0.2) is 29.4 Å². The summed E-state index contributed by atoms with van der Waals surface area (Å²) in [6.45, 7) is 7.41. The lowest BCUT2D eigenvalue weighted by Gasteiger charge is -2.09. The van der Waals surface area contributed by atoms with Crippen LogP contribution in [0.4, 0.5) is 0 Å². The molecule has 0 aromatic carbocycles. The molecule has 0 bridgehead atoms. The van der Waals surface area contributed by atoms with E-state index in [9.17, 15) is 0 Å². The van der Waals surface area contributed by atoms with Crippen molar-refractivity contribution in [1.82, 2.24) is 0 Å². The lowest BCUT2D eigenvalue weighted by molar-refractivity contribution is 0.146. The van der Waals surface area contributed by atoms with E-state index in [1.165, 1.54) is 12.5 Å². The molecule has 0 fully saturated rings. The summed E-state index contributed by atoms with van der Waals surface area (Å²) in [6, 6.07) is 1.25. The number of ether oxygens (including phenoxy) is 1. The first-order valence-corrected chi connectivity index (χ1v) is 6.97. The molecule has 0 saturated carbocycles. The van der Waals surface area contributed by atoms with Crippen molar-refractivity contribution in [2.24, 2.45) is 0 Å². The van der Waals surface area contributed by atoms with Crippen LogP contribution in [0.15, 0.2) is 12.7 Å². The van der Waals surface area contributed by atoms with Crippen LogP contribution in [0.1, 0.15) is 12.8 Å². The molecular formula is C9H20O2Si. The number of allylic oxidation sites excluding steroid dienone is 1. The van der Waals surface area contributed by atoms with Crippen molar-refractivity contribution in [3.8, 4) is 0 Å². The maximum atomic E-state index is 5.61. The summed E-state index contributed by atoms with van der Waals surface area (Å²) in [6.07, 6.45) is 4.31. The molecule has 12 heavy (non-hydrogen) atoms. The Morgan fingerprint density at radius 1 is 1.42 bits per heavy atom. The molecule has 0 saturated heterocycles. The fourth-order valence-electron chi connectivity index (χ4n) is 0.966. The van der Waals surface area contributed by atoms with Gasteiger partial charge in [0.15, 0.2) is 9.04 Å². The predicted octanol–water partition coefficient (Wildman–Crippen LogP) is 1.97. The second-order valence-electron chi connectivity index (χ2n) is 2.89. The molecule has 2 nitrogen and oxygen atoms in total. The Morgan fingerprint density at radius 3 is 2.75 bits per heavy atom. The van der Waals surface area contributed by atoms with Gasteiger partial charge in [0.2, 0.25) is 0 Å². The summed E-state index contributed by atoms with van der Waals surface area (Å²) in [5.74, 6) is 0. The van der Waals surface area contributed by atoms with Crippen LogP contribution in [0, 0.1) is 0 Å². The predicted molar refractivity (Wildman–Crippen MR) is 55.1 cm³/mol. The molecule has 0 radical (unpaired) electrons. The number of rotatable bonds is 8. The van der Waals surface area contributed by atoms with Gasteiger partial charge < -0.3 is 9.16 Å². The van der Waals surface area contributed by atoms with Crippen LogP contribution < -0.4 is 0 Å². The molecule has 0 rings (SSSR count). The van der Waals surface area contributed by atoms with Gasteiger partial charge in [-0.1, -0.05) is 12.5 Å². The zero-order valence-electron chi connectivity index (χ0n) is 8.21. The van der Waals surface area contributed by atoms with Crippen molar-refractivity contribution < 1.29 is 9.16 Å². The molecule has 0 aliphatic rings. The molecule has 0 spiro atoms. The van der Waals surface area contributed by atoms with E-state index in [1.54, 1.807) is 7.11 Å². The summed E-state index contributed by atoms with van der Waals surface area (Å²) in [5.41, 5.74) is 0. The van der Waals surface area contributed by atoms with E-state index in [-0.39, 0.29) is 0 Å². The van der Waals surface area contributed by atoms with Gasteiger partial charge in [0.05, 0.1) is 13.2 Å². The number of unbranched alkanes of at least 4 members (excludes halogenated alkanes) is 1. The maximum Gasteiger partial charge on any atom is 0.174 e. The molecule has 72 valence electrons. The largest absolute Gasteiger partial charge is 0.418 e. The van der Waals surface area contributed by atoms with Gasteiger partial charge in [0.25, 0.3) is 0 Å². The monoisotopic (exact) mass is 188 g/mol. The van der Waals surface area contributed by atoms with Gasteiger partial charge in [0.1, 0.15) is 0 Å². The first-order chi connectivity index (χ1) is 5.81. The fourth-order valence-corrected chi connectivity index (χ4v) is 2.44. The van der Waals surface area contributed by atoms with Crippen molar-refractivity contribution in [2.75, 3.05) is 20.3 Å². The minimum Gasteiger partial charge on any atom is -0.418 e. The fraction of sp³-hybridized carbons (Fsp3) is 0.778. The number of hydrogen-bond acceptors (Lipinski definition) is 2. The average molecular weight is 188 g/mol. The normalized spacial score (nSPS) is 12.8. The SMILES string of the molecule is C=CCCC[SiH](C)OCCOC. The molecule has 1 unspecified atom stereocenters. The average Bonchev–Trinajstić information content (AvgIpc) is 2.06. The van der Waals surface area contributed by atoms with Crippen LogP contribution in [0.5, 0.6) is 0 Å². The maximum absolute atomic E-state index is 5.61. The Labute approximate surface area is 77.3 Å². The van der Waals surface area contributed by atoms with E-state index in [0.29, 0.717) is 0 Å². The zero-order valence-corrected chi connectivity index (χ0v) is 9.37. The van der Waals surface area contributed by atoms with Crippen molar-refractivity contribution in [3.05, 3.63) is 12.7 Å². The Balaban J connectivity index is 3.09. The minimum atomic E-state index is -0.893. The highest BCUT2D eigenvalue weighted by Crippen LogP contribution is 2.02. The lowest BCUT2D eigenvalue weighted by Crippen LogP contribution is -2.16. The summed E-state index contributed by atoms with van der Waals surface area (Å²) < 4.78 is 10.5. The highest BCUT2D eigenvalue weighted by molar-refractivity contribution is 6.50. The van der Waals surface area contributed by atoms with E-state index in [2.05, 4.69) is 13.1 Å². The molecule has 0 aliphatic carbocycles. The molecule has 0 aliphatic heterocycles. The van der Waals surface area contributed by atoms with Crippen molar-refractivity contribution in [1.29, 1.82) is 0 Å². The second kappa shape index (κ2) is 8.97.